The zero-order valence-corrected chi connectivity index (χ0v) is 11.4. The Balaban J connectivity index is 2.21. The van der Waals surface area contributed by atoms with Crippen LogP contribution in [0.25, 0.3) is 0 Å². The maximum atomic E-state index is 13.4. The monoisotopic (exact) mass is 256 g/mol. The van der Waals surface area contributed by atoms with Crippen LogP contribution >= 0.6 is 7.14 Å². The first-order valence-corrected chi connectivity index (χ1v) is 8.35. The van der Waals surface area contributed by atoms with Crippen molar-refractivity contribution in [2.75, 3.05) is 6.16 Å². The van der Waals surface area contributed by atoms with Gasteiger partial charge in [-0.05, 0) is 17.9 Å². The summed E-state index contributed by atoms with van der Waals surface area (Å²) in [5.74, 6) is 0.520. The van der Waals surface area contributed by atoms with Crippen molar-refractivity contribution in [2.45, 2.75) is 19.3 Å². The fourth-order valence-corrected chi connectivity index (χ4v) is 6.04. The standard InChI is InChI=1S/C16H17OP/c1-13-11-12-18(17,14-7-3-2-4-8-14)16-10-6-5-9-15(13)16/h2-10,13H,11-12H2,1H3/t13-,18+/m1/s1. The minimum Gasteiger partial charge on any atom is -0.314 e. The average molecular weight is 256 g/mol. The molecule has 0 N–H and O–H groups in total. The van der Waals surface area contributed by atoms with Crippen molar-refractivity contribution in [3.8, 4) is 0 Å². The second kappa shape index (κ2) is 4.40. The minimum atomic E-state index is -2.39. The molecule has 92 valence electrons. The van der Waals surface area contributed by atoms with Crippen molar-refractivity contribution in [1.29, 1.82) is 0 Å². The molecule has 3 rings (SSSR count). The molecule has 1 nitrogen and oxygen atoms in total. The first kappa shape index (κ1) is 11.7. The molecule has 1 aliphatic heterocycles. The van der Waals surface area contributed by atoms with Crippen LogP contribution in [0.4, 0.5) is 0 Å². The summed E-state index contributed by atoms with van der Waals surface area (Å²) in [7, 11) is -2.39. The Morgan fingerprint density at radius 2 is 1.67 bits per heavy atom. The first-order chi connectivity index (χ1) is 8.72. The van der Waals surface area contributed by atoms with Crippen molar-refractivity contribution in [3.63, 3.8) is 0 Å². The van der Waals surface area contributed by atoms with Crippen molar-refractivity contribution in [3.05, 3.63) is 60.2 Å². The second-order valence-electron chi connectivity index (χ2n) is 5.05. The fourth-order valence-electron chi connectivity index (χ4n) is 2.82. The molecule has 0 saturated heterocycles. The van der Waals surface area contributed by atoms with Gasteiger partial charge in [0, 0.05) is 16.8 Å². The highest BCUT2D eigenvalue weighted by molar-refractivity contribution is 7.78. The third-order valence-corrected chi connectivity index (χ3v) is 7.11. The maximum absolute atomic E-state index is 13.4. The van der Waals surface area contributed by atoms with Gasteiger partial charge in [0.25, 0.3) is 0 Å². The van der Waals surface area contributed by atoms with Crippen molar-refractivity contribution < 1.29 is 4.57 Å². The summed E-state index contributed by atoms with van der Waals surface area (Å²) in [5.41, 5.74) is 1.27. The molecular weight excluding hydrogens is 239 g/mol. The molecule has 0 spiro atoms. The molecule has 0 unspecified atom stereocenters. The van der Waals surface area contributed by atoms with E-state index < -0.39 is 7.14 Å². The summed E-state index contributed by atoms with van der Waals surface area (Å²) >= 11 is 0. The molecule has 2 atom stereocenters. The quantitative estimate of drug-likeness (QED) is 0.714. The van der Waals surface area contributed by atoms with Crippen LogP contribution in [-0.2, 0) is 4.57 Å². The van der Waals surface area contributed by atoms with Gasteiger partial charge in [0.05, 0.1) is 0 Å². The Hall–Kier alpha value is -1.33. The highest BCUT2D eigenvalue weighted by Crippen LogP contribution is 2.50. The number of rotatable bonds is 1. The van der Waals surface area contributed by atoms with E-state index in [1.54, 1.807) is 0 Å². The average Bonchev–Trinajstić information content (AvgIpc) is 2.44. The fraction of sp³-hybridized carbons (Fsp3) is 0.250. The molecule has 0 radical (unpaired) electrons. The lowest BCUT2D eigenvalue weighted by atomic mass is 9.98. The Labute approximate surface area is 108 Å². The van der Waals surface area contributed by atoms with Gasteiger partial charge in [0.15, 0.2) is 0 Å². The van der Waals surface area contributed by atoms with Gasteiger partial charge >= 0.3 is 0 Å². The number of hydrogen-bond donors (Lipinski definition) is 0. The van der Waals surface area contributed by atoms with E-state index in [0.717, 1.165) is 23.2 Å². The number of hydrogen-bond acceptors (Lipinski definition) is 1. The summed E-state index contributed by atoms with van der Waals surface area (Å²) < 4.78 is 13.4. The summed E-state index contributed by atoms with van der Waals surface area (Å²) in [6.07, 6.45) is 1.82. The Morgan fingerprint density at radius 1 is 1.00 bits per heavy atom. The van der Waals surface area contributed by atoms with Gasteiger partial charge < -0.3 is 4.57 Å². The molecule has 1 aliphatic rings. The topological polar surface area (TPSA) is 17.1 Å². The second-order valence-corrected chi connectivity index (χ2v) is 7.97. The van der Waals surface area contributed by atoms with Crippen LogP contribution in [0.3, 0.4) is 0 Å². The molecule has 0 bridgehead atoms. The van der Waals surface area contributed by atoms with Gasteiger partial charge in [-0.15, -0.1) is 0 Å². The van der Waals surface area contributed by atoms with E-state index >= 15 is 0 Å². The molecule has 1 heterocycles. The lowest BCUT2D eigenvalue weighted by Crippen LogP contribution is -2.27. The number of fused-ring (bicyclic) bond motifs is 1. The zero-order valence-electron chi connectivity index (χ0n) is 10.5. The molecule has 0 aliphatic carbocycles. The molecule has 2 aromatic carbocycles. The Morgan fingerprint density at radius 3 is 2.44 bits per heavy atom. The van der Waals surface area contributed by atoms with Gasteiger partial charge in [-0.3, -0.25) is 0 Å². The minimum absolute atomic E-state index is 0.520. The van der Waals surface area contributed by atoms with E-state index in [-0.39, 0.29) is 0 Å². The van der Waals surface area contributed by atoms with Gasteiger partial charge in [-0.1, -0.05) is 61.5 Å². The molecule has 0 aromatic heterocycles. The van der Waals surface area contributed by atoms with E-state index in [0.29, 0.717) is 5.92 Å². The van der Waals surface area contributed by atoms with Crippen LogP contribution in [0.15, 0.2) is 54.6 Å². The predicted octanol–water partition coefficient (Wildman–Crippen LogP) is 3.51. The highest BCUT2D eigenvalue weighted by atomic mass is 31.2. The molecular formula is C16H17OP. The van der Waals surface area contributed by atoms with E-state index in [9.17, 15) is 4.57 Å². The van der Waals surface area contributed by atoms with Crippen molar-refractivity contribution in [1.82, 2.24) is 0 Å². The van der Waals surface area contributed by atoms with Crippen LogP contribution in [-0.4, -0.2) is 6.16 Å². The predicted molar refractivity (Wildman–Crippen MR) is 77.7 cm³/mol. The van der Waals surface area contributed by atoms with Crippen molar-refractivity contribution in [2.24, 2.45) is 0 Å². The molecule has 2 heteroatoms. The summed E-state index contributed by atoms with van der Waals surface area (Å²) in [6, 6.07) is 18.2. The molecule has 0 amide bonds. The van der Waals surface area contributed by atoms with E-state index in [1.807, 2.05) is 36.4 Å². The smallest absolute Gasteiger partial charge is 0.143 e. The zero-order chi connectivity index (χ0) is 12.6. The van der Waals surface area contributed by atoms with Gasteiger partial charge in [0.2, 0.25) is 0 Å². The normalized spacial score (nSPS) is 26.6. The lowest BCUT2D eigenvalue weighted by Gasteiger charge is -2.30. The molecule has 18 heavy (non-hydrogen) atoms. The first-order valence-electron chi connectivity index (χ1n) is 6.46. The van der Waals surface area contributed by atoms with Crippen LogP contribution in [0, 0.1) is 0 Å². The van der Waals surface area contributed by atoms with Crippen molar-refractivity contribution >= 4 is 17.8 Å². The van der Waals surface area contributed by atoms with Gasteiger partial charge in [-0.2, -0.15) is 0 Å². The maximum Gasteiger partial charge on any atom is 0.143 e. The Bertz CT molecular complexity index is 604. The van der Waals surface area contributed by atoms with Crippen LogP contribution < -0.4 is 10.6 Å². The molecule has 0 saturated carbocycles. The van der Waals surface area contributed by atoms with Gasteiger partial charge in [0.1, 0.15) is 7.14 Å². The van der Waals surface area contributed by atoms with E-state index in [4.69, 9.17) is 0 Å². The largest absolute Gasteiger partial charge is 0.314 e. The summed E-state index contributed by atoms with van der Waals surface area (Å²) in [6.45, 7) is 2.23. The highest BCUT2D eigenvalue weighted by Gasteiger charge is 2.34. The van der Waals surface area contributed by atoms with E-state index in [2.05, 4.69) is 25.1 Å². The molecule has 2 aromatic rings. The summed E-state index contributed by atoms with van der Waals surface area (Å²) in [5, 5.41) is 2.08. The summed E-state index contributed by atoms with van der Waals surface area (Å²) in [4.78, 5) is 0. The third kappa shape index (κ3) is 1.74. The van der Waals surface area contributed by atoms with Crippen LogP contribution in [0.5, 0.6) is 0 Å². The molecule has 0 fully saturated rings. The van der Waals surface area contributed by atoms with E-state index in [1.165, 1.54) is 5.56 Å². The van der Waals surface area contributed by atoms with Crippen LogP contribution in [0.2, 0.25) is 0 Å². The SMILES string of the molecule is C[C@@H]1CC[P@](=O)(c2ccccc2)c2ccccc21. The third-order valence-electron chi connectivity index (χ3n) is 3.91. The van der Waals surface area contributed by atoms with Crippen LogP contribution in [0.1, 0.15) is 24.8 Å². The Kier molecular flexibility index (Phi) is 2.87. The van der Waals surface area contributed by atoms with Gasteiger partial charge in [-0.25, -0.2) is 0 Å². The lowest BCUT2D eigenvalue weighted by molar-refractivity contribution is 0.578. The number of benzene rings is 2.